The minimum atomic E-state index is -1.04. The van der Waals surface area contributed by atoms with Crippen LogP contribution in [-0.2, 0) is 28.5 Å². The van der Waals surface area contributed by atoms with E-state index in [0.717, 1.165) is 12.8 Å². The first-order valence-corrected chi connectivity index (χ1v) is 7.85. The van der Waals surface area contributed by atoms with Gasteiger partial charge < -0.3 is 18.9 Å². The van der Waals surface area contributed by atoms with Crippen LogP contribution in [-0.4, -0.2) is 44.2 Å². The summed E-state index contributed by atoms with van der Waals surface area (Å²) in [6, 6.07) is 0. The fraction of sp³-hybridized carbons (Fsp3) is 0.750. The molecule has 0 amide bonds. The van der Waals surface area contributed by atoms with Crippen molar-refractivity contribution in [3.05, 3.63) is 12.7 Å². The number of carbonyl (C=O) groups excluding carboxylic acids is 2. The normalized spacial score (nSPS) is 20.7. The van der Waals surface area contributed by atoms with Gasteiger partial charge in [-0.2, -0.15) is 0 Å². The fourth-order valence-corrected chi connectivity index (χ4v) is 2.29. The first-order chi connectivity index (χ1) is 10.6. The second kappa shape index (κ2) is 10.3. The first kappa shape index (κ1) is 18.6. The van der Waals surface area contributed by atoms with E-state index in [9.17, 15) is 9.59 Å². The third-order valence-corrected chi connectivity index (χ3v) is 3.33. The Hall–Kier alpha value is -1.40. The zero-order valence-corrected chi connectivity index (χ0v) is 13.4. The van der Waals surface area contributed by atoms with Crippen LogP contribution in [0.3, 0.4) is 0 Å². The Morgan fingerprint density at radius 2 is 1.91 bits per heavy atom. The van der Waals surface area contributed by atoms with Crippen LogP contribution in [0.15, 0.2) is 12.7 Å². The molecule has 1 unspecified atom stereocenters. The molecule has 0 radical (unpaired) electrons. The van der Waals surface area contributed by atoms with Gasteiger partial charge in [0.25, 0.3) is 0 Å². The van der Waals surface area contributed by atoms with E-state index in [4.69, 9.17) is 18.9 Å². The van der Waals surface area contributed by atoms with Crippen molar-refractivity contribution in [2.24, 2.45) is 5.92 Å². The van der Waals surface area contributed by atoms with Gasteiger partial charge in [-0.3, -0.25) is 4.79 Å². The predicted octanol–water partition coefficient (Wildman–Crippen LogP) is 2.22. The van der Waals surface area contributed by atoms with Gasteiger partial charge in [0.05, 0.1) is 19.1 Å². The summed E-state index contributed by atoms with van der Waals surface area (Å²) in [5, 5.41) is 0. The number of allylic oxidation sites excluding steroid dienone is 1. The maximum absolute atomic E-state index is 12.2. The molecule has 1 aliphatic rings. The largest absolute Gasteiger partial charge is 0.466 e. The van der Waals surface area contributed by atoms with Crippen LogP contribution in [0.1, 0.15) is 39.5 Å². The number of hydrogen-bond acceptors (Lipinski definition) is 6. The highest BCUT2D eigenvalue weighted by Crippen LogP contribution is 2.23. The topological polar surface area (TPSA) is 71.1 Å². The molecule has 1 heterocycles. The average molecular weight is 314 g/mol. The van der Waals surface area contributed by atoms with E-state index in [2.05, 4.69) is 6.58 Å². The number of hydrogen-bond donors (Lipinski definition) is 0. The van der Waals surface area contributed by atoms with Crippen LogP contribution in [0.25, 0.3) is 0 Å². The van der Waals surface area contributed by atoms with Gasteiger partial charge in [0.1, 0.15) is 0 Å². The predicted molar refractivity (Wildman–Crippen MR) is 80.0 cm³/mol. The Kier molecular flexibility index (Phi) is 8.77. The van der Waals surface area contributed by atoms with E-state index in [0.29, 0.717) is 13.0 Å². The van der Waals surface area contributed by atoms with E-state index >= 15 is 0 Å². The molecule has 0 aliphatic carbocycles. The minimum Gasteiger partial charge on any atom is -0.466 e. The molecule has 0 aromatic heterocycles. The lowest BCUT2D eigenvalue weighted by molar-refractivity contribution is -0.215. The van der Waals surface area contributed by atoms with Crippen LogP contribution in [0.2, 0.25) is 0 Å². The maximum atomic E-state index is 12.2. The number of ether oxygens (including phenoxy) is 4. The maximum Gasteiger partial charge on any atom is 0.336 e. The summed E-state index contributed by atoms with van der Waals surface area (Å²) in [5.74, 6) is -1.84. The second-order valence-corrected chi connectivity index (χ2v) is 4.99. The Balaban J connectivity index is 2.85. The molecular formula is C16H26O6. The Labute approximate surface area is 131 Å². The van der Waals surface area contributed by atoms with Crippen LogP contribution in [0, 0.1) is 5.92 Å². The molecular weight excluding hydrogens is 288 g/mol. The summed E-state index contributed by atoms with van der Waals surface area (Å²) in [6.07, 6.45) is 2.93. The van der Waals surface area contributed by atoms with Gasteiger partial charge in [-0.25, -0.2) is 4.79 Å². The number of esters is 2. The van der Waals surface area contributed by atoms with Gasteiger partial charge in [-0.15, -0.1) is 6.58 Å². The van der Waals surface area contributed by atoms with Gasteiger partial charge >= 0.3 is 11.9 Å². The summed E-state index contributed by atoms with van der Waals surface area (Å²) in [5.41, 5.74) is 0. The van der Waals surface area contributed by atoms with E-state index < -0.39 is 30.3 Å². The van der Waals surface area contributed by atoms with E-state index in [1.807, 2.05) is 0 Å². The molecule has 0 saturated carbocycles. The molecule has 0 aromatic carbocycles. The first-order valence-electron chi connectivity index (χ1n) is 7.85. The van der Waals surface area contributed by atoms with Gasteiger partial charge in [-0.05, 0) is 39.5 Å². The van der Waals surface area contributed by atoms with Crippen LogP contribution in [0.5, 0.6) is 0 Å². The molecule has 6 nitrogen and oxygen atoms in total. The lowest BCUT2D eigenvalue weighted by Gasteiger charge is -2.29. The van der Waals surface area contributed by atoms with E-state index in [-0.39, 0.29) is 19.6 Å². The molecule has 1 aliphatic heterocycles. The summed E-state index contributed by atoms with van der Waals surface area (Å²) >= 11 is 0. The number of rotatable bonds is 9. The summed E-state index contributed by atoms with van der Waals surface area (Å²) in [7, 11) is 0. The molecule has 22 heavy (non-hydrogen) atoms. The summed E-state index contributed by atoms with van der Waals surface area (Å²) in [6.45, 7) is 8.10. The average Bonchev–Trinajstić information content (AvgIpc) is 2.52. The van der Waals surface area contributed by atoms with Gasteiger partial charge in [-0.1, -0.05) is 6.08 Å². The Morgan fingerprint density at radius 3 is 2.45 bits per heavy atom. The molecule has 126 valence electrons. The van der Waals surface area contributed by atoms with Crippen LogP contribution >= 0.6 is 0 Å². The molecule has 1 rings (SSSR count). The summed E-state index contributed by atoms with van der Waals surface area (Å²) < 4.78 is 21.3. The monoisotopic (exact) mass is 314 g/mol. The third-order valence-electron chi connectivity index (χ3n) is 3.33. The molecule has 1 saturated heterocycles. The lowest BCUT2D eigenvalue weighted by atomic mass is 9.98. The van der Waals surface area contributed by atoms with Gasteiger partial charge in [0.2, 0.25) is 0 Å². The van der Waals surface area contributed by atoms with Crippen molar-refractivity contribution in [2.75, 3.05) is 19.8 Å². The van der Waals surface area contributed by atoms with E-state index in [1.54, 1.807) is 19.9 Å². The van der Waals surface area contributed by atoms with Gasteiger partial charge in [0, 0.05) is 6.61 Å². The Morgan fingerprint density at radius 1 is 1.23 bits per heavy atom. The standard InChI is InChI=1S/C16H26O6/c1-4-9-12(15(17)19-5-2)14(16(18)20-6-3)22-13-10-7-8-11-21-13/h4,12-14H,1,5-11H2,2-3H3/t12-,13?,14+/m1/s1. The van der Waals surface area contributed by atoms with Crippen molar-refractivity contribution < 1.29 is 28.5 Å². The highest BCUT2D eigenvalue weighted by atomic mass is 16.7. The molecule has 0 spiro atoms. The van der Waals surface area contributed by atoms with Crippen molar-refractivity contribution in [2.45, 2.75) is 51.9 Å². The van der Waals surface area contributed by atoms with Crippen molar-refractivity contribution in [1.82, 2.24) is 0 Å². The lowest BCUT2D eigenvalue weighted by Crippen LogP contribution is -2.42. The van der Waals surface area contributed by atoms with E-state index in [1.165, 1.54) is 0 Å². The molecule has 6 heteroatoms. The highest BCUT2D eigenvalue weighted by molar-refractivity contribution is 5.84. The molecule has 3 atom stereocenters. The van der Waals surface area contributed by atoms with Crippen molar-refractivity contribution in [3.63, 3.8) is 0 Å². The number of carbonyl (C=O) groups is 2. The molecule has 0 aromatic rings. The smallest absolute Gasteiger partial charge is 0.336 e. The van der Waals surface area contributed by atoms with Crippen molar-refractivity contribution in [3.8, 4) is 0 Å². The van der Waals surface area contributed by atoms with Crippen molar-refractivity contribution in [1.29, 1.82) is 0 Å². The Bertz CT molecular complexity index is 362. The molecule has 0 N–H and O–H groups in total. The van der Waals surface area contributed by atoms with Crippen LogP contribution < -0.4 is 0 Å². The minimum absolute atomic E-state index is 0.216. The van der Waals surface area contributed by atoms with Crippen molar-refractivity contribution >= 4 is 11.9 Å². The second-order valence-electron chi connectivity index (χ2n) is 4.99. The highest BCUT2D eigenvalue weighted by Gasteiger charge is 2.38. The third kappa shape index (κ3) is 5.77. The van der Waals surface area contributed by atoms with Gasteiger partial charge in [0.15, 0.2) is 12.4 Å². The molecule has 0 bridgehead atoms. The van der Waals surface area contributed by atoms with Crippen LogP contribution in [0.4, 0.5) is 0 Å². The summed E-state index contributed by atoms with van der Waals surface area (Å²) in [4.78, 5) is 24.3. The zero-order valence-electron chi connectivity index (χ0n) is 13.4. The SMILES string of the molecule is C=CC[C@@H](C(=O)OCC)[C@H](OC1CCCCO1)C(=O)OCC. The fourth-order valence-electron chi connectivity index (χ4n) is 2.29. The zero-order chi connectivity index (χ0) is 16.4. The molecule has 1 fully saturated rings. The quantitative estimate of drug-likeness (QED) is 0.480.